The van der Waals surface area contributed by atoms with E-state index in [0.29, 0.717) is 0 Å². The minimum absolute atomic E-state index is 0.00625. The summed E-state index contributed by atoms with van der Waals surface area (Å²) in [6.07, 6.45) is -1.08. The smallest absolute Gasteiger partial charge is 0.109 e. The fraction of sp³-hybridized carbons (Fsp3) is 1.00. The maximum absolute atomic E-state index is 10.4. The SMILES string of the molecule is CN(C)CC1OC(CO)C(O)C1N1CCN(C)CC1. The molecule has 6 heteroatoms. The fourth-order valence-corrected chi connectivity index (χ4v) is 3.06. The number of hydrogen-bond donors (Lipinski definition) is 2. The molecule has 0 saturated carbocycles. The van der Waals surface area contributed by atoms with E-state index in [1.54, 1.807) is 0 Å². The van der Waals surface area contributed by atoms with Crippen molar-refractivity contribution in [2.24, 2.45) is 0 Å². The molecule has 2 aliphatic rings. The highest BCUT2D eigenvalue weighted by Crippen LogP contribution is 2.27. The van der Waals surface area contributed by atoms with Crippen molar-refractivity contribution >= 4 is 0 Å². The highest BCUT2D eigenvalue weighted by molar-refractivity contribution is 4.98. The van der Waals surface area contributed by atoms with Crippen LogP contribution in [0.4, 0.5) is 0 Å². The van der Waals surface area contributed by atoms with Crippen LogP contribution in [0.5, 0.6) is 0 Å². The molecule has 0 spiro atoms. The first-order valence-corrected chi connectivity index (χ1v) is 7.04. The summed E-state index contributed by atoms with van der Waals surface area (Å²) < 4.78 is 5.83. The normalized spacial score (nSPS) is 38.2. The second kappa shape index (κ2) is 6.47. The van der Waals surface area contributed by atoms with Gasteiger partial charge in [0.1, 0.15) is 12.2 Å². The van der Waals surface area contributed by atoms with Crippen LogP contribution >= 0.6 is 0 Å². The van der Waals surface area contributed by atoms with Crippen molar-refractivity contribution in [1.82, 2.24) is 14.7 Å². The van der Waals surface area contributed by atoms with Crippen molar-refractivity contribution in [3.63, 3.8) is 0 Å². The zero-order valence-electron chi connectivity index (χ0n) is 12.2. The van der Waals surface area contributed by atoms with Crippen molar-refractivity contribution < 1.29 is 14.9 Å². The number of rotatable bonds is 4. The summed E-state index contributed by atoms with van der Waals surface area (Å²) in [6.45, 7) is 4.58. The maximum Gasteiger partial charge on any atom is 0.109 e. The molecule has 0 bridgehead atoms. The highest BCUT2D eigenvalue weighted by atomic mass is 16.5. The summed E-state index contributed by atoms with van der Waals surface area (Å²) in [5.74, 6) is 0. The molecule has 0 aromatic rings. The van der Waals surface area contributed by atoms with Crippen LogP contribution in [-0.4, -0.2) is 110 Å². The van der Waals surface area contributed by atoms with Gasteiger partial charge in [-0.25, -0.2) is 0 Å². The first kappa shape index (κ1) is 15.2. The Morgan fingerprint density at radius 2 is 1.79 bits per heavy atom. The Morgan fingerprint density at radius 3 is 2.32 bits per heavy atom. The van der Waals surface area contributed by atoms with Gasteiger partial charge in [0.2, 0.25) is 0 Å². The zero-order chi connectivity index (χ0) is 14.0. The first-order chi connectivity index (χ1) is 9.02. The molecule has 0 aliphatic carbocycles. The lowest BCUT2D eigenvalue weighted by Crippen LogP contribution is -2.56. The summed E-state index contributed by atoms with van der Waals surface area (Å²) in [4.78, 5) is 6.68. The molecule has 2 aliphatic heterocycles. The molecule has 0 aromatic heterocycles. The van der Waals surface area contributed by atoms with E-state index >= 15 is 0 Å². The van der Waals surface area contributed by atoms with Gasteiger partial charge in [0, 0.05) is 32.7 Å². The molecular formula is C13H27N3O3. The van der Waals surface area contributed by atoms with Gasteiger partial charge < -0.3 is 24.7 Å². The van der Waals surface area contributed by atoms with Crippen LogP contribution in [0.15, 0.2) is 0 Å². The van der Waals surface area contributed by atoms with Crippen LogP contribution < -0.4 is 0 Å². The van der Waals surface area contributed by atoms with E-state index in [0.717, 1.165) is 32.7 Å². The van der Waals surface area contributed by atoms with Gasteiger partial charge >= 0.3 is 0 Å². The number of hydrogen-bond acceptors (Lipinski definition) is 6. The van der Waals surface area contributed by atoms with Gasteiger partial charge in [-0.2, -0.15) is 0 Å². The summed E-state index contributed by atoms with van der Waals surface area (Å²) in [6, 6.07) is -0.00625. The van der Waals surface area contributed by atoms with E-state index in [-0.39, 0.29) is 18.8 Å². The van der Waals surface area contributed by atoms with E-state index < -0.39 is 12.2 Å². The van der Waals surface area contributed by atoms with Crippen molar-refractivity contribution in [2.45, 2.75) is 24.4 Å². The average molecular weight is 273 g/mol. The number of nitrogens with zero attached hydrogens (tertiary/aromatic N) is 3. The Bertz CT molecular complexity index is 282. The second-order valence-corrected chi connectivity index (χ2v) is 5.98. The molecule has 19 heavy (non-hydrogen) atoms. The number of ether oxygens (including phenoxy) is 1. The quantitative estimate of drug-likeness (QED) is 0.636. The number of piperazine rings is 1. The van der Waals surface area contributed by atoms with Crippen molar-refractivity contribution in [3.05, 3.63) is 0 Å². The molecule has 4 unspecified atom stereocenters. The lowest BCUT2D eigenvalue weighted by molar-refractivity contribution is -0.0276. The van der Waals surface area contributed by atoms with Crippen LogP contribution in [0, 0.1) is 0 Å². The van der Waals surface area contributed by atoms with Gasteiger partial charge in [-0.15, -0.1) is 0 Å². The molecule has 2 N–H and O–H groups in total. The summed E-state index contributed by atoms with van der Waals surface area (Å²) >= 11 is 0. The fourth-order valence-electron chi connectivity index (χ4n) is 3.06. The molecule has 6 nitrogen and oxygen atoms in total. The Morgan fingerprint density at radius 1 is 1.16 bits per heavy atom. The van der Waals surface area contributed by atoms with Gasteiger partial charge in [0.05, 0.1) is 18.8 Å². The topological polar surface area (TPSA) is 59.4 Å². The van der Waals surface area contributed by atoms with Crippen LogP contribution in [0.1, 0.15) is 0 Å². The van der Waals surface area contributed by atoms with Crippen LogP contribution in [0.3, 0.4) is 0 Å². The van der Waals surface area contributed by atoms with E-state index in [2.05, 4.69) is 21.7 Å². The third-order valence-corrected chi connectivity index (χ3v) is 4.15. The summed E-state index contributed by atoms with van der Waals surface area (Å²) in [5, 5.41) is 19.7. The van der Waals surface area contributed by atoms with E-state index in [9.17, 15) is 10.2 Å². The van der Waals surface area contributed by atoms with Gasteiger partial charge in [0.15, 0.2) is 0 Å². The Balaban J connectivity index is 2.04. The number of likely N-dealkylation sites (N-methyl/N-ethyl adjacent to an activating group) is 2. The Hall–Kier alpha value is -0.240. The molecule has 2 heterocycles. The van der Waals surface area contributed by atoms with Crippen molar-refractivity contribution in [2.75, 3.05) is 60.5 Å². The first-order valence-electron chi connectivity index (χ1n) is 7.04. The predicted octanol–water partition coefficient (Wildman–Crippen LogP) is -1.72. The minimum Gasteiger partial charge on any atom is -0.394 e. The van der Waals surface area contributed by atoms with E-state index in [4.69, 9.17) is 4.74 Å². The monoisotopic (exact) mass is 273 g/mol. The third kappa shape index (κ3) is 3.45. The largest absolute Gasteiger partial charge is 0.394 e. The van der Waals surface area contributed by atoms with Gasteiger partial charge in [-0.05, 0) is 21.1 Å². The maximum atomic E-state index is 10.4. The summed E-state index contributed by atoms with van der Waals surface area (Å²) in [5.41, 5.74) is 0. The van der Waals surface area contributed by atoms with E-state index in [1.807, 2.05) is 14.1 Å². The predicted molar refractivity (Wildman–Crippen MR) is 73.2 cm³/mol. The molecule has 112 valence electrons. The van der Waals surface area contributed by atoms with Gasteiger partial charge in [-0.3, -0.25) is 4.90 Å². The number of aliphatic hydroxyl groups excluding tert-OH is 2. The zero-order valence-corrected chi connectivity index (χ0v) is 12.2. The minimum atomic E-state index is -0.599. The van der Waals surface area contributed by atoms with Crippen molar-refractivity contribution in [1.29, 1.82) is 0 Å². The highest BCUT2D eigenvalue weighted by Gasteiger charge is 2.46. The van der Waals surface area contributed by atoms with Gasteiger partial charge in [0.25, 0.3) is 0 Å². The Kier molecular flexibility index (Phi) is 5.16. The second-order valence-electron chi connectivity index (χ2n) is 5.98. The van der Waals surface area contributed by atoms with Gasteiger partial charge in [-0.1, -0.05) is 0 Å². The van der Waals surface area contributed by atoms with Crippen molar-refractivity contribution in [3.8, 4) is 0 Å². The molecule has 2 rings (SSSR count). The molecular weight excluding hydrogens is 246 g/mol. The molecule has 0 aromatic carbocycles. The van der Waals surface area contributed by atoms with Crippen LogP contribution in [0.2, 0.25) is 0 Å². The molecule has 0 radical (unpaired) electrons. The molecule has 0 amide bonds. The standard InChI is InChI=1S/C13H27N3O3/c1-14(2)8-10-12(13(18)11(9-17)19-10)16-6-4-15(3)5-7-16/h10-13,17-18H,4-9H2,1-3H3. The molecule has 2 saturated heterocycles. The Labute approximate surface area is 115 Å². The lowest BCUT2D eigenvalue weighted by atomic mass is 10.0. The van der Waals surface area contributed by atoms with E-state index in [1.165, 1.54) is 0 Å². The molecule has 2 fully saturated rings. The molecule has 4 atom stereocenters. The van der Waals surface area contributed by atoms with Crippen LogP contribution in [0.25, 0.3) is 0 Å². The third-order valence-electron chi connectivity index (χ3n) is 4.15. The lowest BCUT2D eigenvalue weighted by Gasteiger charge is -2.39. The number of aliphatic hydroxyl groups is 2. The summed E-state index contributed by atoms with van der Waals surface area (Å²) in [7, 11) is 6.12. The van der Waals surface area contributed by atoms with Crippen LogP contribution in [-0.2, 0) is 4.74 Å². The average Bonchev–Trinajstić information content (AvgIpc) is 2.66.